The van der Waals surface area contributed by atoms with Crippen LogP contribution >= 0.6 is 22.9 Å². The summed E-state index contributed by atoms with van der Waals surface area (Å²) in [6.45, 7) is 1.89. The van der Waals surface area contributed by atoms with Crippen molar-refractivity contribution in [2.75, 3.05) is 12.4 Å². The van der Waals surface area contributed by atoms with Gasteiger partial charge in [0, 0.05) is 17.5 Å². The smallest absolute Gasteiger partial charge is 0.224 e. The molecule has 0 atom stereocenters. The molecule has 20 heavy (non-hydrogen) atoms. The summed E-state index contributed by atoms with van der Waals surface area (Å²) in [7, 11) is 1.56. The zero-order chi connectivity index (χ0) is 14.5. The van der Waals surface area contributed by atoms with Gasteiger partial charge in [-0.15, -0.1) is 0 Å². The third-order valence-electron chi connectivity index (χ3n) is 2.98. The van der Waals surface area contributed by atoms with E-state index in [1.165, 1.54) is 5.56 Å². The highest BCUT2D eigenvalue weighted by atomic mass is 35.5. The molecule has 1 aromatic carbocycles. The zero-order valence-electron chi connectivity index (χ0n) is 11.4. The van der Waals surface area contributed by atoms with Crippen LogP contribution in [0.3, 0.4) is 0 Å². The number of amides is 1. The Morgan fingerprint density at radius 1 is 1.45 bits per heavy atom. The summed E-state index contributed by atoms with van der Waals surface area (Å²) in [5.41, 5.74) is 2.75. The summed E-state index contributed by atoms with van der Waals surface area (Å²) in [4.78, 5) is 12.0. The van der Waals surface area contributed by atoms with Gasteiger partial charge in [0.1, 0.15) is 5.75 Å². The minimum Gasteiger partial charge on any atom is -0.495 e. The molecule has 0 spiro atoms. The Labute approximate surface area is 127 Å². The summed E-state index contributed by atoms with van der Waals surface area (Å²) < 4.78 is 5.23. The summed E-state index contributed by atoms with van der Waals surface area (Å²) in [5.74, 6) is 0.542. The molecular weight excluding hydrogens is 294 g/mol. The lowest BCUT2D eigenvalue weighted by Crippen LogP contribution is -2.13. The van der Waals surface area contributed by atoms with Gasteiger partial charge in [-0.25, -0.2) is 0 Å². The van der Waals surface area contributed by atoms with Gasteiger partial charge in [0.15, 0.2) is 0 Å². The molecule has 2 aromatic rings. The molecule has 0 saturated carbocycles. The Kier molecular flexibility index (Phi) is 5.04. The number of hydrogen-bond donors (Lipinski definition) is 1. The first-order chi connectivity index (χ1) is 9.60. The second kappa shape index (κ2) is 6.77. The molecule has 0 bridgehead atoms. The Hall–Kier alpha value is -1.52. The van der Waals surface area contributed by atoms with Gasteiger partial charge < -0.3 is 10.1 Å². The van der Waals surface area contributed by atoms with E-state index in [2.05, 4.69) is 10.7 Å². The fraction of sp³-hybridized carbons (Fsp3) is 0.267. The van der Waals surface area contributed by atoms with Gasteiger partial charge in [-0.3, -0.25) is 4.79 Å². The van der Waals surface area contributed by atoms with Crippen LogP contribution in [0.2, 0.25) is 5.02 Å². The van der Waals surface area contributed by atoms with E-state index >= 15 is 0 Å². The summed E-state index contributed by atoms with van der Waals surface area (Å²) in [6, 6.07) is 5.57. The van der Waals surface area contributed by atoms with Crippen LogP contribution in [0.5, 0.6) is 5.75 Å². The number of carbonyl (C=O) groups is 1. The summed E-state index contributed by atoms with van der Waals surface area (Å²) in [5, 5.41) is 7.56. The number of aryl methyl sites for hydroxylation is 2. The van der Waals surface area contributed by atoms with E-state index in [9.17, 15) is 4.79 Å². The van der Waals surface area contributed by atoms with Gasteiger partial charge in [0.2, 0.25) is 5.91 Å². The van der Waals surface area contributed by atoms with Crippen LogP contribution in [-0.2, 0) is 11.2 Å². The minimum atomic E-state index is -0.0313. The fourth-order valence-corrected chi connectivity index (χ4v) is 2.69. The molecule has 1 N–H and O–H groups in total. The van der Waals surface area contributed by atoms with Crippen molar-refractivity contribution in [2.24, 2.45) is 0 Å². The second-order valence-corrected chi connectivity index (χ2v) is 5.67. The molecule has 0 aliphatic carbocycles. The van der Waals surface area contributed by atoms with Gasteiger partial charge >= 0.3 is 0 Å². The number of nitrogens with one attached hydrogen (secondary N) is 1. The van der Waals surface area contributed by atoms with Crippen molar-refractivity contribution in [3.05, 3.63) is 45.1 Å². The zero-order valence-corrected chi connectivity index (χ0v) is 13.0. The molecule has 5 heteroatoms. The summed E-state index contributed by atoms with van der Waals surface area (Å²) in [6.07, 6.45) is 1.19. The van der Waals surface area contributed by atoms with Crippen molar-refractivity contribution in [1.29, 1.82) is 0 Å². The van der Waals surface area contributed by atoms with Crippen LogP contribution < -0.4 is 10.1 Å². The molecule has 1 aromatic heterocycles. The van der Waals surface area contributed by atoms with Crippen LogP contribution in [0.4, 0.5) is 5.69 Å². The molecule has 2 rings (SSSR count). The third-order valence-corrected chi connectivity index (χ3v) is 4.11. The first kappa shape index (κ1) is 14.9. The number of rotatable bonds is 5. The minimum absolute atomic E-state index is 0.0313. The molecule has 0 unspecified atom stereocenters. The number of benzene rings is 1. The highest BCUT2D eigenvalue weighted by Crippen LogP contribution is 2.31. The van der Waals surface area contributed by atoms with Gasteiger partial charge in [-0.1, -0.05) is 11.6 Å². The van der Waals surface area contributed by atoms with Crippen molar-refractivity contribution in [3.8, 4) is 5.75 Å². The van der Waals surface area contributed by atoms with Crippen LogP contribution in [0.25, 0.3) is 0 Å². The average Bonchev–Trinajstić information content (AvgIpc) is 2.93. The molecule has 0 aliphatic heterocycles. The number of thiophene rings is 1. The number of carbonyl (C=O) groups excluding carboxylic acids is 1. The SMILES string of the molecule is COc1cc(Cl)c(C)cc1NC(=O)CCc1ccsc1. The Bertz CT molecular complexity index is 596. The van der Waals surface area contributed by atoms with E-state index in [-0.39, 0.29) is 5.91 Å². The quantitative estimate of drug-likeness (QED) is 0.894. The van der Waals surface area contributed by atoms with E-state index < -0.39 is 0 Å². The van der Waals surface area contributed by atoms with Crippen LogP contribution in [0.15, 0.2) is 29.0 Å². The molecule has 0 aliphatic rings. The van der Waals surface area contributed by atoms with Gasteiger partial charge in [0.25, 0.3) is 0 Å². The van der Waals surface area contributed by atoms with Crippen LogP contribution in [0, 0.1) is 6.92 Å². The lowest BCUT2D eigenvalue weighted by atomic mass is 10.1. The maximum Gasteiger partial charge on any atom is 0.224 e. The standard InChI is InChI=1S/C15H16ClNO2S/c1-10-7-13(14(19-2)8-12(10)16)17-15(18)4-3-11-5-6-20-9-11/h5-9H,3-4H2,1-2H3,(H,17,18). The third kappa shape index (κ3) is 3.74. The molecule has 0 radical (unpaired) electrons. The van der Waals surface area contributed by atoms with Gasteiger partial charge in [-0.05, 0) is 47.4 Å². The fourth-order valence-electron chi connectivity index (χ4n) is 1.84. The number of anilines is 1. The maximum absolute atomic E-state index is 12.0. The molecule has 1 amide bonds. The maximum atomic E-state index is 12.0. The predicted octanol–water partition coefficient (Wildman–Crippen LogP) is 4.29. The first-order valence-electron chi connectivity index (χ1n) is 6.25. The lowest BCUT2D eigenvalue weighted by molar-refractivity contribution is -0.116. The first-order valence-corrected chi connectivity index (χ1v) is 7.57. The Morgan fingerprint density at radius 2 is 2.25 bits per heavy atom. The Morgan fingerprint density at radius 3 is 2.90 bits per heavy atom. The van der Waals surface area contributed by atoms with E-state index in [0.717, 1.165) is 12.0 Å². The molecule has 3 nitrogen and oxygen atoms in total. The van der Waals surface area contributed by atoms with Crippen molar-refractivity contribution >= 4 is 34.5 Å². The molecule has 0 fully saturated rings. The number of ether oxygens (including phenoxy) is 1. The van der Waals surface area contributed by atoms with E-state index in [1.807, 2.05) is 24.4 Å². The monoisotopic (exact) mass is 309 g/mol. The van der Waals surface area contributed by atoms with Crippen molar-refractivity contribution in [1.82, 2.24) is 0 Å². The summed E-state index contributed by atoms with van der Waals surface area (Å²) >= 11 is 7.68. The van der Waals surface area contributed by atoms with Crippen LogP contribution in [0.1, 0.15) is 17.5 Å². The number of hydrogen-bond acceptors (Lipinski definition) is 3. The highest BCUT2D eigenvalue weighted by Gasteiger charge is 2.10. The topological polar surface area (TPSA) is 38.3 Å². The largest absolute Gasteiger partial charge is 0.495 e. The predicted molar refractivity (Wildman–Crippen MR) is 84.0 cm³/mol. The second-order valence-electron chi connectivity index (χ2n) is 4.48. The number of methoxy groups -OCH3 is 1. The van der Waals surface area contributed by atoms with E-state index in [4.69, 9.17) is 16.3 Å². The van der Waals surface area contributed by atoms with Crippen molar-refractivity contribution in [3.63, 3.8) is 0 Å². The van der Waals surface area contributed by atoms with Crippen molar-refractivity contribution < 1.29 is 9.53 Å². The molecule has 106 valence electrons. The Balaban J connectivity index is 2.01. The number of halogens is 1. The van der Waals surface area contributed by atoms with E-state index in [1.54, 1.807) is 24.5 Å². The van der Waals surface area contributed by atoms with Gasteiger partial charge in [0.05, 0.1) is 12.8 Å². The van der Waals surface area contributed by atoms with Crippen LogP contribution in [-0.4, -0.2) is 13.0 Å². The molecule has 1 heterocycles. The lowest BCUT2D eigenvalue weighted by Gasteiger charge is -2.12. The van der Waals surface area contributed by atoms with Gasteiger partial charge in [-0.2, -0.15) is 11.3 Å². The molecular formula is C15H16ClNO2S. The normalized spacial score (nSPS) is 10.3. The highest BCUT2D eigenvalue weighted by molar-refractivity contribution is 7.07. The van der Waals surface area contributed by atoms with E-state index in [0.29, 0.717) is 22.9 Å². The van der Waals surface area contributed by atoms with Crippen molar-refractivity contribution in [2.45, 2.75) is 19.8 Å². The average molecular weight is 310 g/mol. The molecule has 0 saturated heterocycles.